The fraction of sp³-hybridized carbons (Fsp3) is 0.0566. The zero-order chi connectivity index (χ0) is 65.6. The number of aliphatic carboxylic acids is 1. The molecule has 0 aliphatic heterocycles. The van der Waals surface area contributed by atoms with Gasteiger partial charge in [0.2, 0.25) is 0 Å². The monoisotopic (exact) mass is 1600 g/mol. The van der Waals surface area contributed by atoms with Gasteiger partial charge in [0.1, 0.15) is 23.0 Å². The minimum atomic E-state index is -4.22. The van der Waals surface area contributed by atoms with Gasteiger partial charge in [0.25, 0.3) is 32.9 Å². The molecular weight excluding hydrogens is 1560 g/mol. The number of rotatable bonds is 10. The molecule has 0 fully saturated rings. The van der Waals surface area contributed by atoms with Crippen molar-refractivity contribution in [3.8, 4) is 40.2 Å². The van der Waals surface area contributed by atoms with Gasteiger partial charge in [-0.15, -0.1) is 0 Å². The van der Waals surface area contributed by atoms with Crippen molar-refractivity contribution in [1.29, 1.82) is 0 Å². The number of hydrogen-bond acceptors (Lipinski definition) is 15. The van der Waals surface area contributed by atoms with E-state index in [0.29, 0.717) is 56.5 Å². The Kier molecular flexibility index (Phi) is 42.6. The first-order chi connectivity index (χ1) is 40.3. The number of carbonyl (C=O) groups excluding carboxylic acids is 1. The molecule has 462 valence electrons. The number of benzene rings is 8. The van der Waals surface area contributed by atoms with Gasteiger partial charge in [0.15, 0.2) is 69.6 Å². The number of carboxylic acid groups (broad SMARTS) is 1. The second-order valence-electron chi connectivity index (χ2n) is 14.8. The number of aromatic hydroxyl groups is 1. The van der Waals surface area contributed by atoms with Gasteiger partial charge in [0.05, 0.1) is 39.0 Å². The molecule has 0 saturated carbocycles. The molecule has 0 amide bonds. The van der Waals surface area contributed by atoms with Crippen molar-refractivity contribution in [3.05, 3.63) is 238 Å². The molecule has 35 heteroatoms. The van der Waals surface area contributed by atoms with Crippen LogP contribution in [0.2, 0.25) is 20.1 Å². The van der Waals surface area contributed by atoms with Crippen LogP contribution in [-0.2, 0) is 23.5 Å². The van der Waals surface area contributed by atoms with E-state index in [1.807, 2.05) is 13.8 Å². The van der Waals surface area contributed by atoms with Gasteiger partial charge in [0, 0.05) is 55.5 Å². The molecule has 0 aromatic heterocycles. The summed E-state index contributed by atoms with van der Waals surface area (Å²) in [6.45, 7) is 4.90. The van der Waals surface area contributed by atoms with Crippen LogP contribution < -0.4 is 163 Å². The van der Waals surface area contributed by atoms with E-state index in [4.69, 9.17) is 102 Å². The number of anilines is 1. The Hall–Kier alpha value is -4.67. The number of carbonyl (C=O) groups is 2. The number of ether oxygens (including phenoxy) is 3. The molecule has 0 aliphatic rings. The maximum atomic E-state index is 13.7. The number of phenols is 1. The molecule has 0 bridgehead atoms. The number of non-ortho nitro benzene ring substituents is 2. The number of halogens is 14. The Balaban J connectivity index is -0.00000101. The molecule has 18 nitrogen and oxygen atoms in total. The second-order valence-corrected chi connectivity index (χ2v) is 19.1. The zero-order valence-corrected chi connectivity index (χ0v) is 62.5. The van der Waals surface area contributed by atoms with Crippen molar-refractivity contribution in [2.24, 2.45) is 0 Å². The first kappa shape index (κ1) is 85.4. The summed E-state index contributed by atoms with van der Waals surface area (Å²) >= 11 is 22.5. The van der Waals surface area contributed by atoms with Crippen molar-refractivity contribution < 1.29 is 241 Å². The summed E-state index contributed by atoms with van der Waals surface area (Å²) in [7, 11) is 0.792. The fourth-order valence-electron chi connectivity index (χ4n) is 5.15. The number of nitrogen functional groups attached to an aromatic ring is 1. The predicted octanol–water partition coefficient (Wildman–Crippen LogP) is 10.4. The van der Waals surface area contributed by atoms with Crippen LogP contribution in [0.15, 0.2) is 150 Å². The predicted molar refractivity (Wildman–Crippen MR) is 297 cm³/mol. The van der Waals surface area contributed by atoms with Crippen LogP contribution in [0.4, 0.5) is 56.6 Å². The van der Waals surface area contributed by atoms with E-state index in [1.54, 1.807) is 36.4 Å². The number of hydrogen-bond donors (Lipinski definition) is 3. The molecule has 4 N–H and O–H groups in total. The Bertz CT molecular complexity index is 3560. The minimum Gasteiger partial charge on any atom is -1.00 e. The zero-order valence-electron chi connectivity index (χ0n) is 46.3. The van der Waals surface area contributed by atoms with E-state index in [9.17, 15) is 68.2 Å². The number of nitro benzene ring substituents is 2. The van der Waals surface area contributed by atoms with E-state index in [0.717, 1.165) is 19.1 Å². The van der Waals surface area contributed by atoms with E-state index < -0.39 is 111 Å². The summed E-state index contributed by atoms with van der Waals surface area (Å²) < 4.78 is 155. The van der Waals surface area contributed by atoms with Crippen LogP contribution in [0, 0.1) is 72.6 Å². The van der Waals surface area contributed by atoms with Gasteiger partial charge < -0.3 is 41.7 Å². The Morgan fingerprint density at radius 3 is 0.989 bits per heavy atom. The van der Waals surface area contributed by atoms with Crippen molar-refractivity contribution in [3.63, 3.8) is 0 Å². The van der Waals surface area contributed by atoms with Gasteiger partial charge in [-0.1, -0.05) is 60.3 Å². The van der Waals surface area contributed by atoms with E-state index in [1.165, 1.54) is 60.7 Å². The average molecular weight is 1600 g/mol. The van der Waals surface area contributed by atoms with Gasteiger partial charge in [-0.05, 0) is 109 Å². The molecule has 0 atom stereocenters. The standard InChI is InChI=1S/C12H6Cl2F2O3S.C12H6ClF2NO3.C12H8ClF2NO.C6H5ClO.C6H2F3NO2.C2H4O2.C2H6.CH2O3.2Cs.H/c13-7-1-3-8(4-2-7)19-12-10(15)5-9(6-11(12)16)20(14,17)18;13-7-1-3-9(4-2-7)19-12-10(14)5-8(16(17)18)6-11(12)15;13-7-1-3-9(4-2-7)17-12-10(14)5-8(16)6-11(12)15;7-5-1-3-6(8)4-2-5;7-4-1-3(10(11)12)2-5(8)6(4)9;1-2(3)4;1-2;2-1-4-3;;;/h1-6H;1-6H;1-6H,16H2;1-4,8H;1-2H;1H3,(H,3,4);1-2H3;1,3H;;;/q;;;;;;;;2*+1;-1/p-1. The van der Waals surface area contributed by atoms with Crippen LogP contribution in [0.3, 0.4) is 0 Å². The van der Waals surface area contributed by atoms with Gasteiger partial charge >= 0.3 is 138 Å². The topological polar surface area (TPSA) is 281 Å². The van der Waals surface area contributed by atoms with E-state index in [-0.39, 0.29) is 174 Å². The van der Waals surface area contributed by atoms with Crippen LogP contribution in [0.1, 0.15) is 22.2 Å². The third-order valence-corrected chi connectivity index (χ3v) is 11.0. The van der Waals surface area contributed by atoms with Crippen LogP contribution in [0.25, 0.3) is 0 Å². The summed E-state index contributed by atoms with van der Waals surface area (Å²) in [5, 5.41) is 47.0. The quantitative estimate of drug-likeness (QED) is 0.0168. The normalized spacial score (nSPS) is 9.57. The summed E-state index contributed by atoms with van der Waals surface area (Å²) in [6.07, 6.45) is 0. The van der Waals surface area contributed by atoms with Crippen molar-refractivity contribution in [1.82, 2.24) is 0 Å². The van der Waals surface area contributed by atoms with Gasteiger partial charge in [-0.3, -0.25) is 29.8 Å². The Labute approximate surface area is 637 Å². The number of carboxylic acids is 1. The molecule has 0 unspecified atom stereocenters. The molecule has 0 spiro atoms. The summed E-state index contributed by atoms with van der Waals surface area (Å²) in [6, 6.07) is 29.0. The molecule has 88 heavy (non-hydrogen) atoms. The van der Waals surface area contributed by atoms with Crippen molar-refractivity contribution in [2.75, 3.05) is 5.73 Å². The number of nitro groups is 2. The first-order valence-electron chi connectivity index (χ1n) is 22.5. The smallest absolute Gasteiger partial charge is 1.00 e. The van der Waals surface area contributed by atoms with Crippen LogP contribution >= 0.6 is 57.1 Å². The van der Waals surface area contributed by atoms with Gasteiger partial charge in [-0.2, -0.15) is 0 Å². The van der Waals surface area contributed by atoms with Crippen LogP contribution in [0.5, 0.6) is 40.2 Å². The molecule has 0 saturated heterocycles. The summed E-state index contributed by atoms with van der Waals surface area (Å²) in [5.41, 5.74) is 3.80. The molecule has 8 aromatic rings. The van der Waals surface area contributed by atoms with E-state index in [2.05, 4.69) is 4.89 Å². The number of phenolic OH excluding ortho intramolecular Hbond substituents is 1. The minimum absolute atomic E-state index is 0. The number of nitrogens with two attached hydrogens (primary N) is 1. The van der Waals surface area contributed by atoms with E-state index >= 15 is 0 Å². The molecule has 0 radical (unpaired) electrons. The molecular formula is C53H39Cl5Cs2F9N3O15S. The summed E-state index contributed by atoms with van der Waals surface area (Å²) in [4.78, 5) is 38.1. The third-order valence-electron chi connectivity index (χ3n) is 8.61. The van der Waals surface area contributed by atoms with Gasteiger partial charge in [-0.25, -0.2) is 47.9 Å². The molecule has 8 rings (SSSR count). The Morgan fingerprint density at radius 2 is 0.761 bits per heavy atom. The first-order valence-corrected chi connectivity index (χ1v) is 26.4. The third kappa shape index (κ3) is 32.9. The van der Waals surface area contributed by atoms with Crippen LogP contribution in [-0.4, -0.2) is 40.9 Å². The molecule has 0 aliphatic carbocycles. The maximum absolute atomic E-state index is 13.7. The fourth-order valence-corrected chi connectivity index (χ4v) is 6.41. The average Bonchev–Trinajstić information content (AvgIpc) is 3.11. The van der Waals surface area contributed by atoms with Crippen molar-refractivity contribution in [2.45, 2.75) is 25.7 Å². The maximum Gasteiger partial charge on any atom is 1.00 e. The van der Waals surface area contributed by atoms with Crippen molar-refractivity contribution >= 4 is 95.6 Å². The molecule has 8 aromatic carbocycles. The molecule has 0 heterocycles. The Morgan fingerprint density at radius 1 is 0.534 bits per heavy atom. The summed E-state index contributed by atoms with van der Waals surface area (Å²) in [5.74, 6) is -13.1. The second kappa shape index (κ2) is 43.9. The number of nitrogens with zero attached hydrogens (tertiary/aromatic N) is 2. The largest absolute Gasteiger partial charge is 1.00 e. The SMILES string of the molecule is CC.CC(=O)O.Nc1cc(F)c(Oc2ccc(Cl)cc2)c(F)c1.O=CO[O-].O=S(=O)(Cl)c1cc(F)c(Oc2ccc(Cl)cc2)c(F)c1.O=[N+]([O-])c1cc(F)c(F)c(F)c1.O=[N+]([O-])c1cc(F)c(Oc2ccc(Cl)cc2)c(F)c1.Oc1ccc(Cl)cc1.[Cs+].[Cs+].[H-].